The summed E-state index contributed by atoms with van der Waals surface area (Å²) in [6.45, 7) is 3.56. The molecule has 1 aromatic rings. The number of likely N-dealkylation sites (tertiary alicyclic amines) is 1. The van der Waals surface area contributed by atoms with Crippen LogP contribution in [0.15, 0.2) is 28.7 Å². The fourth-order valence-electron chi connectivity index (χ4n) is 3.48. The van der Waals surface area contributed by atoms with Crippen molar-refractivity contribution in [2.24, 2.45) is 5.41 Å². The van der Waals surface area contributed by atoms with Gasteiger partial charge in [-0.05, 0) is 49.9 Å². The third kappa shape index (κ3) is 3.61. The molecule has 2 saturated heterocycles. The van der Waals surface area contributed by atoms with E-state index in [0.717, 1.165) is 56.3 Å². The number of hydrogen-bond acceptors (Lipinski definition) is 2. The lowest BCUT2D eigenvalue weighted by molar-refractivity contribution is -0.148. The summed E-state index contributed by atoms with van der Waals surface area (Å²) in [5.74, 6) is 0.360. The van der Waals surface area contributed by atoms with Crippen LogP contribution in [0, 0.1) is 5.41 Å². The van der Waals surface area contributed by atoms with E-state index in [1.165, 1.54) is 5.56 Å². The van der Waals surface area contributed by atoms with Crippen LogP contribution in [0.2, 0.25) is 0 Å². The average Bonchev–Trinajstić information content (AvgIpc) is 2.47. The Morgan fingerprint density at radius 1 is 1.19 bits per heavy atom. The predicted octanol–water partition coefficient (Wildman–Crippen LogP) is 3.36. The van der Waals surface area contributed by atoms with Crippen LogP contribution < -0.4 is 5.32 Å². The third-order valence-electron chi connectivity index (χ3n) is 4.58. The van der Waals surface area contributed by atoms with Gasteiger partial charge in [-0.15, -0.1) is 12.4 Å². The average molecular weight is 374 g/mol. The van der Waals surface area contributed by atoms with Gasteiger partial charge in [0, 0.05) is 24.1 Å². The number of piperidine rings is 2. The molecule has 1 spiro atoms. The molecule has 2 heterocycles. The van der Waals surface area contributed by atoms with Crippen LogP contribution in [-0.2, 0) is 11.3 Å². The number of nitrogens with one attached hydrogen (secondary N) is 1. The molecule has 0 aliphatic carbocycles. The number of halogens is 2. The third-order valence-corrected chi connectivity index (χ3v) is 5.11. The number of carbonyl (C=O) groups excluding carboxylic acids is 1. The number of amides is 1. The molecule has 0 saturated carbocycles. The summed E-state index contributed by atoms with van der Waals surface area (Å²) in [5.41, 5.74) is 1.09. The van der Waals surface area contributed by atoms with Gasteiger partial charge in [0.1, 0.15) is 0 Å². The molecule has 1 aromatic carbocycles. The lowest BCUT2D eigenvalue weighted by Gasteiger charge is -2.44. The molecule has 2 aliphatic rings. The van der Waals surface area contributed by atoms with E-state index in [1.54, 1.807) is 0 Å². The molecule has 3 nitrogen and oxygen atoms in total. The van der Waals surface area contributed by atoms with E-state index < -0.39 is 0 Å². The van der Waals surface area contributed by atoms with Gasteiger partial charge in [0.25, 0.3) is 0 Å². The predicted molar refractivity (Wildman–Crippen MR) is 90.6 cm³/mol. The number of rotatable bonds is 2. The largest absolute Gasteiger partial charge is 0.338 e. The highest BCUT2D eigenvalue weighted by atomic mass is 79.9. The first-order valence-corrected chi connectivity index (χ1v) is 8.23. The lowest BCUT2D eigenvalue weighted by atomic mass is 9.73. The minimum Gasteiger partial charge on any atom is -0.338 e. The molecule has 21 heavy (non-hydrogen) atoms. The van der Waals surface area contributed by atoms with Gasteiger partial charge >= 0.3 is 0 Å². The summed E-state index contributed by atoms with van der Waals surface area (Å²) in [5, 5.41) is 3.41. The fraction of sp³-hybridized carbons (Fsp3) is 0.562. The van der Waals surface area contributed by atoms with Crippen LogP contribution in [0.3, 0.4) is 0 Å². The molecule has 5 heteroatoms. The lowest BCUT2D eigenvalue weighted by Crippen LogP contribution is -2.54. The van der Waals surface area contributed by atoms with Crippen LogP contribution >= 0.6 is 28.3 Å². The summed E-state index contributed by atoms with van der Waals surface area (Å²) in [7, 11) is 0. The van der Waals surface area contributed by atoms with E-state index in [2.05, 4.69) is 38.3 Å². The van der Waals surface area contributed by atoms with Crippen molar-refractivity contribution in [1.82, 2.24) is 10.2 Å². The van der Waals surface area contributed by atoms with Crippen LogP contribution in [0.25, 0.3) is 0 Å². The highest BCUT2D eigenvalue weighted by molar-refractivity contribution is 9.10. The van der Waals surface area contributed by atoms with Crippen molar-refractivity contribution in [1.29, 1.82) is 0 Å². The second kappa shape index (κ2) is 7.12. The van der Waals surface area contributed by atoms with Crippen molar-refractivity contribution >= 4 is 34.2 Å². The molecule has 1 unspecified atom stereocenters. The number of benzene rings is 1. The minimum atomic E-state index is -0.119. The fourth-order valence-corrected chi connectivity index (χ4v) is 3.74. The van der Waals surface area contributed by atoms with Crippen molar-refractivity contribution in [3.05, 3.63) is 34.3 Å². The smallest absolute Gasteiger partial charge is 0.230 e. The van der Waals surface area contributed by atoms with E-state index in [-0.39, 0.29) is 17.8 Å². The summed E-state index contributed by atoms with van der Waals surface area (Å²) in [6.07, 6.45) is 4.35. The van der Waals surface area contributed by atoms with Crippen LogP contribution in [0.5, 0.6) is 0 Å². The summed E-state index contributed by atoms with van der Waals surface area (Å²) < 4.78 is 1.08. The highest BCUT2D eigenvalue weighted by Crippen LogP contribution is 2.37. The maximum Gasteiger partial charge on any atom is 0.230 e. The van der Waals surface area contributed by atoms with E-state index >= 15 is 0 Å². The Morgan fingerprint density at radius 3 is 2.57 bits per heavy atom. The van der Waals surface area contributed by atoms with Crippen LogP contribution in [0.1, 0.15) is 31.2 Å². The molecule has 0 radical (unpaired) electrons. The summed E-state index contributed by atoms with van der Waals surface area (Å²) in [4.78, 5) is 14.9. The van der Waals surface area contributed by atoms with Crippen LogP contribution in [0.4, 0.5) is 0 Å². The monoisotopic (exact) mass is 372 g/mol. The van der Waals surface area contributed by atoms with Crippen molar-refractivity contribution in [2.45, 2.75) is 32.2 Å². The number of carbonyl (C=O) groups is 1. The standard InChI is InChI=1S/C16H21BrN2O.ClH/c17-14-5-3-13(4-6-14)11-19-10-2-8-16(15(19)20)7-1-9-18-12-16;/h3-6,18H,1-2,7-12H2;1H. The first kappa shape index (κ1) is 16.8. The maximum absolute atomic E-state index is 12.9. The molecule has 2 aliphatic heterocycles. The molecular weight excluding hydrogens is 352 g/mol. The topological polar surface area (TPSA) is 32.3 Å². The normalized spacial score (nSPS) is 25.8. The van der Waals surface area contributed by atoms with E-state index in [1.807, 2.05) is 12.1 Å². The first-order chi connectivity index (χ1) is 9.70. The van der Waals surface area contributed by atoms with Gasteiger partial charge in [0.15, 0.2) is 0 Å². The molecule has 3 rings (SSSR count). The van der Waals surface area contributed by atoms with Gasteiger partial charge in [-0.3, -0.25) is 4.79 Å². The molecular formula is C16H22BrClN2O. The van der Waals surface area contributed by atoms with Gasteiger partial charge in [0.2, 0.25) is 5.91 Å². The first-order valence-electron chi connectivity index (χ1n) is 7.44. The Hall–Kier alpha value is -0.580. The van der Waals surface area contributed by atoms with E-state index in [4.69, 9.17) is 0 Å². The Balaban J connectivity index is 0.00000161. The molecule has 1 amide bonds. The van der Waals surface area contributed by atoms with Gasteiger partial charge in [0.05, 0.1) is 5.41 Å². The highest BCUT2D eigenvalue weighted by Gasteiger charge is 2.44. The zero-order chi connectivity index (χ0) is 14.0. The SMILES string of the molecule is Cl.O=C1N(Cc2ccc(Br)cc2)CCCC12CCCNC2. The maximum atomic E-state index is 12.9. The Kier molecular flexibility index (Phi) is 5.69. The Morgan fingerprint density at radius 2 is 1.90 bits per heavy atom. The minimum absolute atomic E-state index is 0. The van der Waals surface area contributed by atoms with Crippen LogP contribution in [-0.4, -0.2) is 30.4 Å². The summed E-state index contributed by atoms with van der Waals surface area (Å²) >= 11 is 3.45. The second-order valence-corrected chi connectivity index (χ2v) is 6.93. The quantitative estimate of drug-likeness (QED) is 0.862. The molecule has 1 N–H and O–H groups in total. The number of hydrogen-bond donors (Lipinski definition) is 1. The van der Waals surface area contributed by atoms with Gasteiger partial charge in [-0.1, -0.05) is 28.1 Å². The van der Waals surface area contributed by atoms with Crippen molar-refractivity contribution in [3.63, 3.8) is 0 Å². The van der Waals surface area contributed by atoms with E-state index in [9.17, 15) is 4.79 Å². The van der Waals surface area contributed by atoms with Crippen molar-refractivity contribution < 1.29 is 4.79 Å². The molecule has 2 fully saturated rings. The van der Waals surface area contributed by atoms with E-state index in [0.29, 0.717) is 5.91 Å². The zero-order valence-electron chi connectivity index (χ0n) is 12.1. The Labute approximate surface area is 141 Å². The van der Waals surface area contributed by atoms with Crippen molar-refractivity contribution in [3.8, 4) is 0 Å². The van der Waals surface area contributed by atoms with Gasteiger partial charge in [-0.2, -0.15) is 0 Å². The number of nitrogens with zero attached hydrogens (tertiary/aromatic N) is 1. The molecule has 1 atom stereocenters. The molecule has 116 valence electrons. The van der Waals surface area contributed by atoms with Gasteiger partial charge in [-0.25, -0.2) is 0 Å². The molecule has 0 aromatic heterocycles. The van der Waals surface area contributed by atoms with Crippen molar-refractivity contribution in [2.75, 3.05) is 19.6 Å². The summed E-state index contributed by atoms with van der Waals surface area (Å²) in [6, 6.07) is 8.28. The Bertz CT molecular complexity index is 480. The van der Waals surface area contributed by atoms with Gasteiger partial charge < -0.3 is 10.2 Å². The molecule has 0 bridgehead atoms. The second-order valence-electron chi connectivity index (χ2n) is 6.02. The zero-order valence-corrected chi connectivity index (χ0v) is 14.5.